The number of methoxy groups -OCH3 is 1. The van der Waals surface area contributed by atoms with Gasteiger partial charge in [0.15, 0.2) is 0 Å². The maximum Gasteiger partial charge on any atom is 0.419 e. The van der Waals surface area contributed by atoms with Crippen molar-refractivity contribution in [3.63, 3.8) is 0 Å². The highest BCUT2D eigenvalue weighted by Crippen LogP contribution is 2.49. The van der Waals surface area contributed by atoms with E-state index in [1.165, 1.54) is 13.2 Å². The fourth-order valence-corrected chi connectivity index (χ4v) is 1.75. The normalized spacial score (nSPS) is 18.6. The predicted octanol–water partition coefficient (Wildman–Crippen LogP) is 3.48. The standard InChI is InChI=1S/C11H10F4O/c1-16-10(4-5-10)7-2-3-8(9(12)6-7)11(13,14)15/h2-3,6H,4-5H2,1H3. The molecular formula is C11H10F4O. The fourth-order valence-electron chi connectivity index (χ4n) is 1.75. The van der Waals surface area contributed by atoms with Crippen molar-refractivity contribution in [1.82, 2.24) is 0 Å². The first-order valence-electron chi connectivity index (χ1n) is 4.81. The van der Waals surface area contributed by atoms with Crippen molar-refractivity contribution in [3.05, 3.63) is 35.1 Å². The van der Waals surface area contributed by atoms with Gasteiger partial charge in [-0.25, -0.2) is 4.39 Å². The first-order valence-corrected chi connectivity index (χ1v) is 4.81. The lowest BCUT2D eigenvalue weighted by atomic mass is 10.0. The third kappa shape index (κ3) is 1.80. The van der Waals surface area contributed by atoms with Crippen LogP contribution in [0.4, 0.5) is 17.6 Å². The molecule has 0 saturated heterocycles. The van der Waals surface area contributed by atoms with Crippen molar-refractivity contribution in [2.75, 3.05) is 7.11 Å². The highest BCUT2D eigenvalue weighted by Gasteiger charge is 2.45. The molecule has 5 heteroatoms. The Morgan fingerprint density at radius 2 is 1.88 bits per heavy atom. The zero-order valence-electron chi connectivity index (χ0n) is 8.57. The Morgan fingerprint density at radius 3 is 2.25 bits per heavy atom. The fraction of sp³-hybridized carbons (Fsp3) is 0.455. The van der Waals surface area contributed by atoms with Crippen LogP contribution in [-0.2, 0) is 16.5 Å². The smallest absolute Gasteiger partial charge is 0.374 e. The van der Waals surface area contributed by atoms with Crippen LogP contribution in [0.3, 0.4) is 0 Å². The van der Waals surface area contributed by atoms with Gasteiger partial charge in [0.1, 0.15) is 5.82 Å². The SMILES string of the molecule is COC1(c2ccc(C(F)(F)F)c(F)c2)CC1. The number of ether oxygens (including phenoxy) is 1. The largest absolute Gasteiger partial charge is 0.419 e. The van der Waals surface area contributed by atoms with Crippen molar-refractivity contribution in [2.24, 2.45) is 0 Å². The van der Waals surface area contributed by atoms with Gasteiger partial charge in [0.05, 0.1) is 11.2 Å². The minimum absolute atomic E-state index is 0.473. The number of benzene rings is 1. The molecule has 0 atom stereocenters. The summed E-state index contributed by atoms with van der Waals surface area (Å²) in [5.41, 5.74) is -1.33. The Kier molecular flexibility index (Phi) is 2.45. The van der Waals surface area contributed by atoms with Gasteiger partial charge in [0.2, 0.25) is 0 Å². The Bertz CT molecular complexity index is 407. The monoisotopic (exact) mass is 234 g/mol. The molecule has 0 N–H and O–H groups in total. The molecule has 1 aromatic rings. The lowest BCUT2D eigenvalue weighted by Gasteiger charge is -2.15. The average Bonchev–Trinajstić information content (AvgIpc) is 2.96. The third-order valence-corrected chi connectivity index (χ3v) is 2.90. The minimum Gasteiger partial charge on any atom is -0.374 e. The number of rotatable bonds is 2. The van der Waals surface area contributed by atoms with Crippen molar-refractivity contribution < 1.29 is 22.3 Å². The van der Waals surface area contributed by atoms with Gasteiger partial charge in [-0.1, -0.05) is 6.07 Å². The van der Waals surface area contributed by atoms with E-state index in [1.807, 2.05) is 0 Å². The van der Waals surface area contributed by atoms with E-state index < -0.39 is 23.2 Å². The van der Waals surface area contributed by atoms with Crippen LogP contribution in [0.25, 0.3) is 0 Å². The molecule has 0 spiro atoms. The van der Waals surface area contributed by atoms with E-state index in [9.17, 15) is 17.6 Å². The summed E-state index contributed by atoms with van der Waals surface area (Å²) in [5.74, 6) is -1.24. The van der Waals surface area contributed by atoms with E-state index in [4.69, 9.17) is 4.74 Å². The van der Waals surface area contributed by atoms with Gasteiger partial charge in [0.25, 0.3) is 0 Å². The summed E-state index contributed by atoms with van der Waals surface area (Å²) in [6, 6.07) is 2.96. The maximum absolute atomic E-state index is 13.3. The molecule has 0 bridgehead atoms. The molecule has 1 saturated carbocycles. The van der Waals surface area contributed by atoms with Crippen LogP contribution in [0.2, 0.25) is 0 Å². The number of hydrogen-bond acceptors (Lipinski definition) is 1. The first-order chi connectivity index (χ1) is 7.39. The number of halogens is 4. The molecule has 16 heavy (non-hydrogen) atoms. The van der Waals surface area contributed by atoms with Gasteiger partial charge in [-0.2, -0.15) is 13.2 Å². The molecule has 0 aromatic heterocycles. The molecule has 0 aliphatic heterocycles. The van der Waals surface area contributed by atoms with Gasteiger partial charge in [-0.15, -0.1) is 0 Å². The van der Waals surface area contributed by atoms with Crippen molar-refractivity contribution in [2.45, 2.75) is 24.6 Å². The lowest BCUT2D eigenvalue weighted by Crippen LogP contribution is -2.13. The van der Waals surface area contributed by atoms with Crippen LogP contribution in [0.5, 0.6) is 0 Å². The van der Waals surface area contributed by atoms with E-state index in [-0.39, 0.29) is 0 Å². The minimum atomic E-state index is -4.65. The lowest BCUT2D eigenvalue weighted by molar-refractivity contribution is -0.140. The number of alkyl halides is 3. The molecule has 2 rings (SSSR count). The second kappa shape index (κ2) is 3.45. The van der Waals surface area contributed by atoms with Crippen LogP contribution >= 0.6 is 0 Å². The third-order valence-electron chi connectivity index (χ3n) is 2.90. The van der Waals surface area contributed by atoms with E-state index >= 15 is 0 Å². The maximum atomic E-state index is 13.3. The summed E-state index contributed by atoms with van der Waals surface area (Å²) in [6.07, 6.45) is -3.21. The second-order valence-electron chi connectivity index (χ2n) is 3.89. The molecule has 1 nitrogen and oxygen atoms in total. The zero-order valence-corrected chi connectivity index (χ0v) is 8.57. The van der Waals surface area contributed by atoms with Crippen LogP contribution in [0.15, 0.2) is 18.2 Å². The Labute approximate surface area is 90.0 Å². The summed E-state index contributed by atoms with van der Waals surface area (Å²) in [5, 5.41) is 0. The summed E-state index contributed by atoms with van der Waals surface area (Å²) in [7, 11) is 1.47. The summed E-state index contributed by atoms with van der Waals surface area (Å²) >= 11 is 0. The summed E-state index contributed by atoms with van der Waals surface area (Å²) < 4.78 is 55.3. The second-order valence-corrected chi connectivity index (χ2v) is 3.89. The Hall–Kier alpha value is -1.10. The number of hydrogen-bond donors (Lipinski definition) is 0. The molecule has 88 valence electrons. The molecule has 1 fully saturated rings. The van der Waals surface area contributed by atoms with E-state index in [1.54, 1.807) is 0 Å². The molecule has 1 aliphatic carbocycles. The topological polar surface area (TPSA) is 9.23 Å². The predicted molar refractivity (Wildman–Crippen MR) is 49.3 cm³/mol. The highest BCUT2D eigenvalue weighted by atomic mass is 19.4. The van der Waals surface area contributed by atoms with Crippen LogP contribution < -0.4 is 0 Å². The molecule has 0 amide bonds. The molecule has 1 aliphatic rings. The van der Waals surface area contributed by atoms with Gasteiger partial charge in [0, 0.05) is 7.11 Å². The van der Waals surface area contributed by atoms with Crippen LogP contribution in [0.1, 0.15) is 24.0 Å². The molecule has 0 heterocycles. The molecule has 0 radical (unpaired) electrons. The van der Waals surface area contributed by atoms with Gasteiger partial charge in [-0.3, -0.25) is 0 Å². The Balaban J connectivity index is 2.37. The van der Waals surface area contributed by atoms with Gasteiger partial charge < -0.3 is 4.74 Å². The molecule has 1 aromatic carbocycles. The van der Waals surface area contributed by atoms with E-state index in [0.29, 0.717) is 18.4 Å². The van der Waals surface area contributed by atoms with Gasteiger partial charge in [-0.05, 0) is 30.5 Å². The molecule has 0 unspecified atom stereocenters. The van der Waals surface area contributed by atoms with E-state index in [0.717, 1.165) is 12.1 Å². The zero-order chi connectivity index (χ0) is 12.0. The summed E-state index contributed by atoms with van der Waals surface area (Å²) in [6.45, 7) is 0. The first kappa shape index (κ1) is 11.4. The van der Waals surface area contributed by atoms with E-state index in [2.05, 4.69) is 0 Å². The Morgan fingerprint density at radius 1 is 1.25 bits per heavy atom. The average molecular weight is 234 g/mol. The van der Waals surface area contributed by atoms with Crippen molar-refractivity contribution in [3.8, 4) is 0 Å². The van der Waals surface area contributed by atoms with Gasteiger partial charge >= 0.3 is 6.18 Å². The quantitative estimate of drug-likeness (QED) is 0.712. The van der Waals surface area contributed by atoms with Crippen LogP contribution in [-0.4, -0.2) is 7.11 Å². The van der Waals surface area contributed by atoms with Crippen molar-refractivity contribution in [1.29, 1.82) is 0 Å². The highest BCUT2D eigenvalue weighted by molar-refractivity contribution is 5.33. The van der Waals surface area contributed by atoms with Crippen molar-refractivity contribution >= 4 is 0 Å². The van der Waals surface area contributed by atoms with Crippen LogP contribution in [0, 0.1) is 5.82 Å². The summed E-state index contributed by atoms with van der Waals surface area (Å²) in [4.78, 5) is 0. The molecular weight excluding hydrogens is 224 g/mol.